The first kappa shape index (κ1) is 15.8. The number of aryl methyl sites for hydroxylation is 1. The Morgan fingerprint density at radius 2 is 1.56 bits per heavy atom. The fourth-order valence-electron chi connectivity index (χ4n) is 3.59. The van der Waals surface area contributed by atoms with Crippen LogP contribution in [0.5, 0.6) is 0 Å². The topological polar surface area (TPSA) is 25.8 Å². The summed E-state index contributed by atoms with van der Waals surface area (Å²) < 4.78 is 0. The van der Waals surface area contributed by atoms with Crippen LogP contribution in [0, 0.1) is 18.8 Å². The quantitative estimate of drug-likeness (QED) is 0.604. The van der Waals surface area contributed by atoms with Gasteiger partial charge in [-0.1, -0.05) is 68.5 Å². The molecule has 2 nitrogen and oxygen atoms in total. The molecule has 3 aromatic rings. The van der Waals surface area contributed by atoms with Gasteiger partial charge in [-0.15, -0.1) is 0 Å². The third-order valence-electron chi connectivity index (χ3n) is 5.13. The molecule has 0 N–H and O–H groups in total. The van der Waals surface area contributed by atoms with Crippen molar-refractivity contribution in [3.63, 3.8) is 0 Å². The molecule has 0 bridgehead atoms. The molecule has 0 radical (unpaired) electrons. The number of aromatic nitrogens is 2. The number of rotatable bonds is 2. The Morgan fingerprint density at radius 1 is 0.840 bits per heavy atom. The van der Waals surface area contributed by atoms with Crippen LogP contribution in [-0.2, 0) is 0 Å². The van der Waals surface area contributed by atoms with Crippen LogP contribution in [0.2, 0.25) is 0 Å². The van der Waals surface area contributed by atoms with E-state index >= 15 is 0 Å². The summed E-state index contributed by atoms with van der Waals surface area (Å²) in [5, 5.41) is 1.12. The summed E-state index contributed by atoms with van der Waals surface area (Å²) in [6.07, 6.45) is 4.67. The Morgan fingerprint density at radius 3 is 2.36 bits per heavy atom. The highest BCUT2D eigenvalue weighted by Gasteiger charge is 2.23. The smallest absolute Gasteiger partial charge is 0.126 e. The molecule has 1 heterocycles. The molecular weight excluding hydrogens is 304 g/mol. The summed E-state index contributed by atoms with van der Waals surface area (Å²) in [6.45, 7) is 6.56. The van der Waals surface area contributed by atoms with E-state index in [1.54, 1.807) is 0 Å². The van der Waals surface area contributed by atoms with Gasteiger partial charge in [0.05, 0.1) is 11.2 Å². The zero-order chi connectivity index (χ0) is 17.4. The number of hydrogen-bond donors (Lipinski definition) is 0. The standard InChI is InChI=1S/C23H22N2/c1-15-13-19(14-21(16(15)2)18-9-5-4-6-10-18)23-20-11-7-8-12-22(20)24-17(3)25-23/h4-16H,1-3H3. The fraction of sp³-hybridized carbons (Fsp3) is 0.217. The van der Waals surface area contributed by atoms with Crippen molar-refractivity contribution < 1.29 is 0 Å². The van der Waals surface area contributed by atoms with Gasteiger partial charge >= 0.3 is 0 Å². The summed E-state index contributed by atoms with van der Waals surface area (Å²) >= 11 is 0. The first-order valence-electron chi connectivity index (χ1n) is 8.86. The molecule has 2 aromatic carbocycles. The number of hydrogen-bond acceptors (Lipinski definition) is 2. The predicted octanol–water partition coefficient (Wildman–Crippen LogP) is 5.69. The van der Waals surface area contributed by atoms with Gasteiger partial charge in [0.2, 0.25) is 0 Å². The molecular formula is C23H22N2. The summed E-state index contributed by atoms with van der Waals surface area (Å²) in [5.74, 6) is 1.76. The lowest BCUT2D eigenvalue weighted by Gasteiger charge is -2.27. The minimum absolute atomic E-state index is 0.462. The van der Waals surface area contributed by atoms with Crippen LogP contribution < -0.4 is 0 Å². The van der Waals surface area contributed by atoms with Crippen molar-refractivity contribution >= 4 is 22.0 Å². The molecule has 0 fully saturated rings. The molecule has 4 rings (SSSR count). The van der Waals surface area contributed by atoms with Gasteiger partial charge in [0.25, 0.3) is 0 Å². The second kappa shape index (κ2) is 6.29. The van der Waals surface area contributed by atoms with Gasteiger partial charge in [-0.25, -0.2) is 9.97 Å². The van der Waals surface area contributed by atoms with Crippen molar-refractivity contribution in [3.05, 3.63) is 83.8 Å². The number of para-hydroxylation sites is 1. The molecule has 0 aliphatic heterocycles. The van der Waals surface area contributed by atoms with E-state index in [4.69, 9.17) is 4.98 Å². The Balaban J connectivity index is 1.91. The summed E-state index contributed by atoms with van der Waals surface area (Å²) in [6, 6.07) is 18.9. The third-order valence-corrected chi connectivity index (χ3v) is 5.13. The van der Waals surface area contributed by atoms with Gasteiger partial charge < -0.3 is 0 Å². The maximum Gasteiger partial charge on any atom is 0.126 e. The van der Waals surface area contributed by atoms with Crippen LogP contribution in [0.25, 0.3) is 22.0 Å². The molecule has 1 aliphatic carbocycles. The predicted molar refractivity (Wildman–Crippen MR) is 105 cm³/mol. The van der Waals surface area contributed by atoms with Gasteiger partial charge in [-0.2, -0.15) is 0 Å². The molecule has 25 heavy (non-hydrogen) atoms. The van der Waals surface area contributed by atoms with E-state index in [1.807, 2.05) is 13.0 Å². The second-order valence-electron chi connectivity index (χ2n) is 6.87. The van der Waals surface area contributed by atoms with Crippen molar-refractivity contribution in [2.45, 2.75) is 20.8 Å². The highest BCUT2D eigenvalue weighted by molar-refractivity contribution is 5.96. The normalized spacial score (nSPS) is 20.3. The highest BCUT2D eigenvalue weighted by atomic mass is 14.9. The molecule has 0 amide bonds. The molecule has 124 valence electrons. The van der Waals surface area contributed by atoms with Crippen molar-refractivity contribution in [3.8, 4) is 0 Å². The lowest BCUT2D eigenvalue weighted by atomic mass is 9.78. The van der Waals surface area contributed by atoms with Gasteiger partial charge in [-0.3, -0.25) is 0 Å². The van der Waals surface area contributed by atoms with Gasteiger partial charge in [0, 0.05) is 5.39 Å². The monoisotopic (exact) mass is 326 g/mol. The van der Waals surface area contributed by atoms with Gasteiger partial charge in [0.15, 0.2) is 0 Å². The average molecular weight is 326 g/mol. The Bertz CT molecular complexity index is 983. The van der Waals surface area contributed by atoms with Crippen molar-refractivity contribution in [2.75, 3.05) is 0 Å². The number of fused-ring (bicyclic) bond motifs is 1. The maximum atomic E-state index is 4.79. The Hall–Kier alpha value is -2.74. The van der Waals surface area contributed by atoms with Gasteiger partial charge in [-0.05, 0) is 47.6 Å². The van der Waals surface area contributed by atoms with Crippen LogP contribution in [0.4, 0.5) is 0 Å². The number of allylic oxidation sites excluding steroid dienone is 4. The maximum absolute atomic E-state index is 4.79. The zero-order valence-corrected chi connectivity index (χ0v) is 14.9. The van der Waals surface area contributed by atoms with E-state index in [9.17, 15) is 0 Å². The van der Waals surface area contributed by atoms with Crippen molar-refractivity contribution in [2.24, 2.45) is 11.8 Å². The summed E-state index contributed by atoms with van der Waals surface area (Å²) in [7, 11) is 0. The van der Waals surface area contributed by atoms with Crippen LogP contribution in [0.1, 0.15) is 30.9 Å². The average Bonchev–Trinajstić information content (AvgIpc) is 2.64. The molecule has 1 aliphatic rings. The highest BCUT2D eigenvalue weighted by Crippen LogP contribution is 2.39. The lowest BCUT2D eigenvalue weighted by Crippen LogP contribution is -2.13. The van der Waals surface area contributed by atoms with Crippen LogP contribution in [0.3, 0.4) is 0 Å². The largest absolute Gasteiger partial charge is 0.233 e. The Labute approximate surface area is 149 Å². The third kappa shape index (κ3) is 2.89. The SMILES string of the molecule is Cc1nc(C2=CC(C)C(C)C(c3ccccc3)=C2)c2ccccc2n1. The van der Waals surface area contributed by atoms with Crippen LogP contribution in [-0.4, -0.2) is 9.97 Å². The molecule has 1 aromatic heterocycles. The second-order valence-corrected chi connectivity index (χ2v) is 6.87. The van der Waals surface area contributed by atoms with Crippen molar-refractivity contribution in [1.82, 2.24) is 9.97 Å². The van der Waals surface area contributed by atoms with Crippen LogP contribution in [0.15, 0.2) is 66.7 Å². The van der Waals surface area contributed by atoms with E-state index in [1.165, 1.54) is 16.7 Å². The first-order valence-corrected chi connectivity index (χ1v) is 8.86. The van der Waals surface area contributed by atoms with E-state index < -0.39 is 0 Å². The minimum Gasteiger partial charge on any atom is -0.233 e. The number of nitrogens with zero attached hydrogens (tertiary/aromatic N) is 2. The lowest BCUT2D eigenvalue weighted by molar-refractivity contribution is 0.570. The zero-order valence-electron chi connectivity index (χ0n) is 14.9. The van der Waals surface area contributed by atoms with E-state index in [0.29, 0.717) is 11.8 Å². The fourth-order valence-corrected chi connectivity index (χ4v) is 3.59. The first-order chi connectivity index (χ1) is 12.1. The summed E-state index contributed by atoms with van der Waals surface area (Å²) in [5.41, 5.74) is 5.92. The molecule has 2 unspecified atom stereocenters. The Kier molecular flexibility index (Phi) is 3.96. The molecule has 0 saturated carbocycles. The molecule has 0 saturated heterocycles. The number of benzene rings is 2. The van der Waals surface area contributed by atoms with Gasteiger partial charge in [0.1, 0.15) is 5.82 Å². The van der Waals surface area contributed by atoms with E-state index in [2.05, 4.69) is 79.5 Å². The summed E-state index contributed by atoms with van der Waals surface area (Å²) in [4.78, 5) is 9.37. The minimum atomic E-state index is 0.462. The van der Waals surface area contributed by atoms with E-state index in [0.717, 1.165) is 22.4 Å². The molecule has 0 spiro atoms. The molecule has 2 atom stereocenters. The van der Waals surface area contributed by atoms with Crippen molar-refractivity contribution in [1.29, 1.82) is 0 Å². The molecule has 2 heteroatoms. The van der Waals surface area contributed by atoms with E-state index in [-0.39, 0.29) is 0 Å². The van der Waals surface area contributed by atoms with Crippen LogP contribution >= 0.6 is 0 Å².